The SMILES string of the molecule is NC1=NCC=NN2C([C@H]3CC[C@@H](NO)O3)=CC=CC12. The van der Waals surface area contributed by atoms with Gasteiger partial charge in [-0.3, -0.25) is 10.0 Å². The predicted octanol–water partition coefficient (Wildman–Crippen LogP) is -0.0488. The first-order chi connectivity index (χ1) is 9.29. The van der Waals surface area contributed by atoms with Gasteiger partial charge in [0.15, 0.2) is 0 Å². The van der Waals surface area contributed by atoms with E-state index < -0.39 is 0 Å². The van der Waals surface area contributed by atoms with Gasteiger partial charge in [0.1, 0.15) is 24.2 Å². The summed E-state index contributed by atoms with van der Waals surface area (Å²) in [7, 11) is 0. The molecular weight excluding hydrogens is 246 g/mol. The Morgan fingerprint density at radius 3 is 3.16 bits per heavy atom. The topological polar surface area (TPSA) is 95.5 Å². The van der Waals surface area contributed by atoms with Crippen molar-refractivity contribution in [2.45, 2.75) is 31.2 Å². The van der Waals surface area contributed by atoms with E-state index in [2.05, 4.69) is 15.6 Å². The molecule has 0 saturated carbocycles. The van der Waals surface area contributed by atoms with Crippen LogP contribution in [0.2, 0.25) is 0 Å². The van der Waals surface area contributed by atoms with E-state index in [4.69, 9.17) is 15.7 Å². The van der Waals surface area contributed by atoms with Crippen molar-refractivity contribution in [3.63, 3.8) is 0 Å². The third-order valence-corrected chi connectivity index (χ3v) is 3.45. The predicted molar refractivity (Wildman–Crippen MR) is 70.6 cm³/mol. The van der Waals surface area contributed by atoms with Crippen LogP contribution in [0.1, 0.15) is 12.8 Å². The van der Waals surface area contributed by atoms with Crippen molar-refractivity contribution in [1.29, 1.82) is 0 Å². The Bertz CT molecular complexity index is 471. The lowest BCUT2D eigenvalue weighted by atomic mass is 10.1. The van der Waals surface area contributed by atoms with Gasteiger partial charge in [-0.15, -0.1) is 0 Å². The Kier molecular flexibility index (Phi) is 3.33. The highest BCUT2D eigenvalue weighted by atomic mass is 16.6. The summed E-state index contributed by atoms with van der Waals surface area (Å²) in [6.07, 6.45) is 8.78. The van der Waals surface area contributed by atoms with Crippen LogP contribution in [0.25, 0.3) is 0 Å². The van der Waals surface area contributed by atoms with E-state index in [0.717, 1.165) is 18.5 Å². The number of hydrogen-bond donors (Lipinski definition) is 3. The molecular formula is C12H17N5O2. The number of aliphatic imine (C=N–C) groups is 1. The van der Waals surface area contributed by atoms with Gasteiger partial charge in [0.25, 0.3) is 0 Å². The Morgan fingerprint density at radius 2 is 2.37 bits per heavy atom. The maximum Gasteiger partial charge on any atom is 0.131 e. The van der Waals surface area contributed by atoms with E-state index in [-0.39, 0.29) is 18.4 Å². The second-order valence-electron chi connectivity index (χ2n) is 4.65. The lowest BCUT2D eigenvalue weighted by molar-refractivity contribution is -0.0439. The number of fused-ring (bicyclic) bond motifs is 1. The summed E-state index contributed by atoms with van der Waals surface area (Å²) >= 11 is 0. The Balaban J connectivity index is 1.84. The van der Waals surface area contributed by atoms with Crippen LogP contribution >= 0.6 is 0 Å². The third kappa shape index (κ3) is 2.27. The van der Waals surface area contributed by atoms with Gasteiger partial charge in [-0.05, 0) is 18.9 Å². The van der Waals surface area contributed by atoms with Crippen LogP contribution < -0.4 is 11.2 Å². The molecule has 19 heavy (non-hydrogen) atoms. The fourth-order valence-electron chi connectivity index (χ4n) is 2.51. The molecule has 3 heterocycles. The molecule has 0 bridgehead atoms. The molecule has 0 aliphatic carbocycles. The molecule has 102 valence electrons. The minimum absolute atomic E-state index is 0.0971. The van der Waals surface area contributed by atoms with Gasteiger partial charge in [-0.25, -0.2) is 0 Å². The zero-order valence-corrected chi connectivity index (χ0v) is 10.4. The van der Waals surface area contributed by atoms with Crippen molar-refractivity contribution in [2.24, 2.45) is 15.8 Å². The second-order valence-corrected chi connectivity index (χ2v) is 4.65. The van der Waals surface area contributed by atoms with Gasteiger partial charge < -0.3 is 15.7 Å². The van der Waals surface area contributed by atoms with Crippen LogP contribution in [0.5, 0.6) is 0 Å². The zero-order chi connectivity index (χ0) is 13.2. The largest absolute Gasteiger partial charge is 0.385 e. The van der Waals surface area contributed by atoms with Crippen LogP contribution in [-0.4, -0.2) is 47.2 Å². The van der Waals surface area contributed by atoms with Gasteiger partial charge in [0.2, 0.25) is 0 Å². The number of amidine groups is 1. The third-order valence-electron chi connectivity index (χ3n) is 3.45. The average Bonchev–Trinajstić information content (AvgIpc) is 2.84. The van der Waals surface area contributed by atoms with Gasteiger partial charge >= 0.3 is 0 Å². The average molecular weight is 263 g/mol. The van der Waals surface area contributed by atoms with Gasteiger partial charge in [-0.2, -0.15) is 10.6 Å². The molecule has 1 saturated heterocycles. The van der Waals surface area contributed by atoms with Gasteiger partial charge in [0.05, 0.1) is 12.2 Å². The lowest BCUT2D eigenvalue weighted by Crippen LogP contribution is -2.43. The molecule has 0 aromatic rings. The lowest BCUT2D eigenvalue weighted by Gasteiger charge is -2.32. The van der Waals surface area contributed by atoms with E-state index in [0.29, 0.717) is 12.4 Å². The number of allylic oxidation sites excluding steroid dienone is 2. The van der Waals surface area contributed by atoms with Crippen molar-refractivity contribution >= 4 is 12.1 Å². The fourth-order valence-corrected chi connectivity index (χ4v) is 2.51. The molecule has 3 atom stereocenters. The van der Waals surface area contributed by atoms with E-state index in [1.165, 1.54) is 0 Å². The van der Waals surface area contributed by atoms with Gasteiger partial charge in [0, 0.05) is 6.21 Å². The minimum atomic E-state index is -0.322. The molecule has 1 unspecified atom stereocenters. The van der Waals surface area contributed by atoms with Crippen LogP contribution in [0.4, 0.5) is 0 Å². The molecule has 4 N–H and O–H groups in total. The molecule has 0 spiro atoms. The van der Waals surface area contributed by atoms with Crippen molar-refractivity contribution in [1.82, 2.24) is 10.5 Å². The van der Waals surface area contributed by atoms with E-state index >= 15 is 0 Å². The quantitative estimate of drug-likeness (QED) is 0.607. The number of rotatable bonds is 2. The van der Waals surface area contributed by atoms with Crippen LogP contribution in [0.3, 0.4) is 0 Å². The van der Waals surface area contributed by atoms with E-state index in [1.54, 1.807) is 6.21 Å². The molecule has 0 radical (unpaired) electrons. The summed E-state index contributed by atoms with van der Waals surface area (Å²) in [5.41, 5.74) is 9.06. The molecule has 7 heteroatoms. The summed E-state index contributed by atoms with van der Waals surface area (Å²) in [6.45, 7) is 0.492. The first-order valence-corrected chi connectivity index (χ1v) is 6.34. The van der Waals surface area contributed by atoms with Gasteiger partial charge in [-0.1, -0.05) is 12.2 Å². The highest BCUT2D eigenvalue weighted by Crippen LogP contribution is 2.30. The molecule has 0 aromatic carbocycles. The fraction of sp³-hybridized carbons (Fsp3) is 0.500. The number of ether oxygens (including phenoxy) is 1. The highest BCUT2D eigenvalue weighted by Gasteiger charge is 2.34. The molecule has 0 amide bonds. The van der Waals surface area contributed by atoms with Crippen LogP contribution in [-0.2, 0) is 4.74 Å². The van der Waals surface area contributed by atoms with Crippen molar-refractivity contribution in [3.8, 4) is 0 Å². The number of hydroxylamine groups is 1. The first kappa shape index (κ1) is 12.3. The number of nitrogens with two attached hydrogens (primary N) is 1. The zero-order valence-electron chi connectivity index (χ0n) is 10.4. The Labute approximate surface area is 111 Å². The summed E-state index contributed by atoms with van der Waals surface area (Å²) in [5, 5.41) is 15.2. The maximum absolute atomic E-state index is 8.91. The van der Waals surface area contributed by atoms with Crippen LogP contribution in [0, 0.1) is 0 Å². The summed E-state index contributed by atoms with van der Waals surface area (Å²) in [4.78, 5) is 4.23. The summed E-state index contributed by atoms with van der Waals surface area (Å²) in [6, 6.07) is -0.150. The molecule has 7 nitrogen and oxygen atoms in total. The standard InChI is InChI=1S/C12H17N5O2/c13-12-9-3-1-2-8(17(9)15-7-6-14-12)10-4-5-11(16-18)19-10/h1-3,7,9-11,16,18H,4-6H2,(H2,13,14)/t9?,10-,11+/m1/s1. The monoisotopic (exact) mass is 263 g/mol. The minimum Gasteiger partial charge on any atom is -0.385 e. The van der Waals surface area contributed by atoms with E-state index in [9.17, 15) is 0 Å². The van der Waals surface area contributed by atoms with Crippen molar-refractivity contribution < 1.29 is 9.94 Å². The Morgan fingerprint density at radius 1 is 1.47 bits per heavy atom. The highest BCUT2D eigenvalue weighted by molar-refractivity contribution is 5.90. The Hall–Kier alpha value is -1.70. The second kappa shape index (κ2) is 5.12. The molecule has 1 fully saturated rings. The molecule has 3 aliphatic heterocycles. The van der Waals surface area contributed by atoms with Crippen LogP contribution in [0.15, 0.2) is 34.0 Å². The normalized spacial score (nSPS) is 33.7. The number of nitrogens with one attached hydrogen (secondary N) is 1. The summed E-state index contributed by atoms with van der Waals surface area (Å²) in [5.74, 6) is 0.550. The summed E-state index contributed by atoms with van der Waals surface area (Å²) < 4.78 is 5.72. The van der Waals surface area contributed by atoms with Crippen molar-refractivity contribution in [2.75, 3.05) is 6.54 Å². The maximum atomic E-state index is 8.91. The van der Waals surface area contributed by atoms with Crippen molar-refractivity contribution in [3.05, 3.63) is 23.9 Å². The first-order valence-electron chi connectivity index (χ1n) is 6.34. The molecule has 3 aliphatic rings. The van der Waals surface area contributed by atoms with E-state index in [1.807, 2.05) is 23.2 Å². The number of hydrazone groups is 1. The molecule has 0 aromatic heterocycles. The number of hydrogen-bond acceptors (Lipinski definition) is 7. The smallest absolute Gasteiger partial charge is 0.131 e. The molecule has 3 rings (SSSR count). The number of nitrogens with zero attached hydrogens (tertiary/aromatic N) is 3.